The summed E-state index contributed by atoms with van der Waals surface area (Å²) >= 11 is 11.6. The van der Waals surface area contributed by atoms with E-state index in [2.05, 4.69) is 0 Å². The molecule has 18 heavy (non-hydrogen) atoms. The van der Waals surface area contributed by atoms with Crippen LogP contribution < -0.4 is 10.5 Å². The van der Waals surface area contributed by atoms with Crippen LogP contribution in [0.5, 0.6) is 11.5 Å². The molecular formula is C13H10Cl2FNO. The van der Waals surface area contributed by atoms with Crippen molar-refractivity contribution in [3.63, 3.8) is 0 Å². The number of benzene rings is 2. The van der Waals surface area contributed by atoms with Gasteiger partial charge in [0.15, 0.2) is 0 Å². The normalized spacial score (nSPS) is 10.4. The van der Waals surface area contributed by atoms with E-state index in [1.54, 1.807) is 24.3 Å². The van der Waals surface area contributed by atoms with Gasteiger partial charge in [-0.2, -0.15) is 0 Å². The van der Waals surface area contributed by atoms with Gasteiger partial charge in [0.1, 0.15) is 17.3 Å². The molecule has 0 fully saturated rings. The highest BCUT2D eigenvalue weighted by Gasteiger charge is 2.05. The molecule has 0 radical (unpaired) electrons. The van der Waals surface area contributed by atoms with Gasteiger partial charge in [0, 0.05) is 17.6 Å². The molecule has 5 heteroatoms. The summed E-state index contributed by atoms with van der Waals surface area (Å²) in [5.41, 5.74) is 6.33. The third-order valence-electron chi connectivity index (χ3n) is 2.37. The molecule has 0 unspecified atom stereocenters. The van der Waals surface area contributed by atoms with Crippen LogP contribution in [0.3, 0.4) is 0 Å². The first-order valence-electron chi connectivity index (χ1n) is 5.21. The molecule has 0 heterocycles. The highest BCUT2D eigenvalue weighted by molar-refractivity contribution is 6.31. The van der Waals surface area contributed by atoms with Crippen LogP contribution in [0.25, 0.3) is 0 Å². The van der Waals surface area contributed by atoms with Crippen molar-refractivity contribution in [2.75, 3.05) is 0 Å². The van der Waals surface area contributed by atoms with Crippen molar-refractivity contribution in [1.29, 1.82) is 0 Å². The van der Waals surface area contributed by atoms with E-state index in [1.807, 2.05) is 0 Å². The zero-order chi connectivity index (χ0) is 13.1. The Kier molecular flexibility index (Phi) is 4.07. The SMILES string of the molecule is NCc1ccc(Oc2ccc(Cl)c(F)c2)cc1Cl. The third kappa shape index (κ3) is 2.93. The number of nitrogens with two attached hydrogens (primary N) is 1. The van der Waals surface area contributed by atoms with Gasteiger partial charge in [-0.05, 0) is 29.8 Å². The van der Waals surface area contributed by atoms with E-state index in [9.17, 15) is 4.39 Å². The Balaban J connectivity index is 2.23. The summed E-state index contributed by atoms with van der Waals surface area (Å²) in [6, 6.07) is 9.35. The molecule has 0 aliphatic rings. The summed E-state index contributed by atoms with van der Waals surface area (Å²) in [5.74, 6) is 0.339. The van der Waals surface area contributed by atoms with E-state index in [-0.39, 0.29) is 5.02 Å². The van der Waals surface area contributed by atoms with Gasteiger partial charge in [-0.25, -0.2) is 4.39 Å². The largest absolute Gasteiger partial charge is 0.457 e. The van der Waals surface area contributed by atoms with Gasteiger partial charge in [-0.15, -0.1) is 0 Å². The van der Waals surface area contributed by atoms with Gasteiger partial charge in [-0.1, -0.05) is 29.3 Å². The Hall–Kier alpha value is -1.29. The number of hydrogen-bond acceptors (Lipinski definition) is 2. The van der Waals surface area contributed by atoms with Crippen LogP contribution in [0, 0.1) is 5.82 Å². The van der Waals surface area contributed by atoms with Crippen molar-refractivity contribution in [1.82, 2.24) is 0 Å². The van der Waals surface area contributed by atoms with E-state index in [1.165, 1.54) is 12.1 Å². The van der Waals surface area contributed by atoms with E-state index >= 15 is 0 Å². The predicted octanol–water partition coefficient (Wildman–Crippen LogP) is 4.38. The monoisotopic (exact) mass is 285 g/mol. The second-order valence-electron chi connectivity index (χ2n) is 3.64. The smallest absolute Gasteiger partial charge is 0.145 e. The second-order valence-corrected chi connectivity index (χ2v) is 4.45. The van der Waals surface area contributed by atoms with Crippen LogP contribution in [0.15, 0.2) is 36.4 Å². The van der Waals surface area contributed by atoms with Gasteiger partial charge < -0.3 is 10.5 Å². The molecule has 0 amide bonds. The molecule has 94 valence electrons. The minimum absolute atomic E-state index is 0.0545. The molecular weight excluding hydrogens is 276 g/mol. The van der Waals surface area contributed by atoms with Crippen molar-refractivity contribution in [2.24, 2.45) is 5.73 Å². The lowest BCUT2D eigenvalue weighted by atomic mass is 10.2. The quantitative estimate of drug-likeness (QED) is 0.908. The Morgan fingerprint density at radius 3 is 2.28 bits per heavy atom. The fourth-order valence-corrected chi connectivity index (χ4v) is 1.80. The third-order valence-corrected chi connectivity index (χ3v) is 3.03. The zero-order valence-corrected chi connectivity index (χ0v) is 10.8. The van der Waals surface area contributed by atoms with Gasteiger partial charge in [0.25, 0.3) is 0 Å². The summed E-state index contributed by atoms with van der Waals surface area (Å²) < 4.78 is 18.7. The number of halogens is 3. The Morgan fingerprint density at radius 1 is 1.00 bits per heavy atom. The van der Waals surface area contributed by atoms with Crippen molar-refractivity contribution in [2.45, 2.75) is 6.54 Å². The molecule has 2 aromatic carbocycles. The van der Waals surface area contributed by atoms with Crippen LogP contribution in [-0.2, 0) is 6.54 Å². The maximum Gasteiger partial charge on any atom is 0.145 e. The van der Waals surface area contributed by atoms with Gasteiger partial charge in [-0.3, -0.25) is 0 Å². The first kappa shape index (κ1) is 13.1. The number of ether oxygens (including phenoxy) is 1. The molecule has 2 nitrogen and oxygen atoms in total. The molecule has 2 N–H and O–H groups in total. The van der Waals surface area contributed by atoms with E-state index < -0.39 is 5.82 Å². The molecule has 0 aliphatic carbocycles. The Morgan fingerprint density at radius 2 is 1.67 bits per heavy atom. The van der Waals surface area contributed by atoms with Crippen molar-refractivity contribution >= 4 is 23.2 Å². The topological polar surface area (TPSA) is 35.2 Å². The maximum atomic E-state index is 13.2. The lowest BCUT2D eigenvalue weighted by Gasteiger charge is -2.08. The maximum absolute atomic E-state index is 13.2. The Bertz CT molecular complexity index is 575. The van der Waals surface area contributed by atoms with Crippen LogP contribution in [-0.4, -0.2) is 0 Å². The number of hydrogen-bond donors (Lipinski definition) is 1. The number of rotatable bonds is 3. The molecule has 0 aromatic heterocycles. The molecule has 0 saturated carbocycles. The van der Waals surface area contributed by atoms with Crippen LogP contribution in [0.1, 0.15) is 5.56 Å². The fourth-order valence-electron chi connectivity index (χ4n) is 1.43. The van der Waals surface area contributed by atoms with Crippen molar-refractivity contribution in [3.8, 4) is 11.5 Å². The van der Waals surface area contributed by atoms with Gasteiger partial charge >= 0.3 is 0 Å². The molecule has 0 spiro atoms. The minimum atomic E-state index is -0.529. The highest BCUT2D eigenvalue weighted by Crippen LogP contribution is 2.28. The average molecular weight is 286 g/mol. The summed E-state index contributed by atoms with van der Waals surface area (Å²) in [4.78, 5) is 0. The van der Waals surface area contributed by atoms with Crippen molar-refractivity contribution < 1.29 is 9.13 Å². The summed E-state index contributed by atoms with van der Waals surface area (Å²) in [7, 11) is 0. The van der Waals surface area contributed by atoms with E-state index in [4.69, 9.17) is 33.7 Å². The second kappa shape index (κ2) is 5.57. The highest BCUT2D eigenvalue weighted by atomic mass is 35.5. The summed E-state index contributed by atoms with van der Waals surface area (Å²) in [6.45, 7) is 0.356. The molecule has 0 aliphatic heterocycles. The standard InChI is InChI=1S/C13H10Cl2FNO/c14-11-4-3-10(6-13(11)16)18-9-2-1-8(7-17)12(15)5-9/h1-6H,7,17H2. The molecule has 2 rings (SSSR count). The molecule has 0 bridgehead atoms. The van der Waals surface area contributed by atoms with Crippen LogP contribution >= 0.6 is 23.2 Å². The lowest BCUT2D eigenvalue weighted by Crippen LogP contribution is -1.97. The molecule has 0 atom stereocenters. The first-order valence-corrected chi connectivity index (χ1v) is 5.97. The van der Waals surface area contributed by atoms with Crippen molar-refractivity contribution in [3.05, 3.63) is 57.8 Å². The van der Waals surface area contributed by atoms with Gasteiger partial charge in [0.05, 0.1) is 5.02 Å². The van der Waals surface area contributed by atoms with E-state index in [0.717, 1.165) is 5.56 Å². The van der Waals surface area contributed by atoms with E-state index in [0.29, 0.717) is 23.1 Å². The first-order chi connectivity index (χ1) is 8.60. The van der Waals surface area contributed by atoms with Crippen LogP contribution in [0.4, 0.5) is 4.39 Å². The average Bonchev–Trinajstić information content (AvgIpc) is 2.34. The predicted molar refractivity (Wildman–Crippen MR) is 70.8 cm³/mol. The zero-order valence-electron chi connectivity index (χ0n) is 9.29. The fraction of sp³-hybridized carbons (Fsp3) is 0.0769. The summed E-state index contributed by atoms with van der Waals surface area (Å²) in [6.07, 6.45) is 0. The Labute approximate surface area is 114 Å². The van der Waals surface area contributed by atoms with Gasteiger partial charge in [0.2, 0.25) is 0 Å². The van der Waals surface area contributed by atoms with Crippen LogP contribution in [0.2, 0.25) is 10.0 Å². The minimum Gasteiger partial charge on any atom is -0.457 e. The molecule has 2 aromatic rings. The summed E-state index contributed by atoms with van der Waals surface area (Å²) in [5, 5.41) is 0.572. The lowest BCUT2D eigenvalue weighted by molar-refractivity contribution is 0.476. The molecule has 0 saturated heterocycles.